The molecule has 0 spiro atoms. The Morgan fingerprint density at radius 1 is 0.256 bits per heavy atom. The molecule has 5 aliphatic rings. The molecule has 646 valence electrons. The van der Waals surface area contributed by atoms with E-state index in [2.05, 4.69) is 384 Å². The van der Waals surface area contributed by atoms with Gasteiger partial charge in [0.2, 0.25) is 34.9 Å². The average molecular weight is 2530 g/mol. The van der Waals surface area contributed by atoms with Crippen LogP contribution in [0.4, 0.5) is 58.2 Å². The number of hydrogen-bond acceptors (Lipinski definition) is 30. The van der Waals surface area contributed by atoms with Gasteiger partial charge < -0.3 is 71.7 Å². The first-order chi connectivity index (χ1) is 56.5. The first-order valence-corrected chi connectivity index (χ1v) is 41.1. The molecule has 5 saturated heterocycles. The van der Waals surface area contributed by atoms with Gasteiger partial charge in [0.1, 0.15) is 0 Å². The predicted octanol–water partition coefficient (Wildman–Crippen LogP) is 8.44. The second-order valence-electron chi connectivity index (χ2n) is 29.7. The number of para-hydroxylation sites is 5. The Morgan fingerprint density at radius 2 is 0.463 bits per heavy atom. The molecule has 35 nitrogen and oxygen atoms in total. The van der Waals surface area contributed by atoms with E-state index in [0.29, 0.717) is 35.8 Å². The number of tetrazole rings is 5. The Labute approximate surface area is 792 Å². The van der Waals surface area contributed by atoms with E-state index in [0.717, 1.165) is 67.5 Å². The van der Waals surface area contributed by atoms with E-state index >= 15 is 0 Å². The molecule has 0 amide bonds. The van der Waals surface area contributed by atoms with Gasteiger partial charge in [-0.2, -0.15) is 26.1 Å². The molecular weight excluding hydrogens is 2430 g/mol. The van der Waals surface area contributed by atoms with Gasteiger partial charge >= 0.3 is 105 Å². The smallest absolute Gasteiger partial charge is 0.559 e. The van der Waals surface area contributed by atoms with Crippen LogP contribution in [-0.2, 0) is 105 Å². The van der Waals surface area contributed by atoms with E-state index in [4.69, 9.17) is 0 Å². The summed E-state index contributed by atoms with van der Waals surface area (Å²) < 4.78 is 12.2. The largest absolute Gasteiger partial charge is 2.00 e. The third-order valence-corrected chi connectivity index (χ3v) is 22.1. The van der Waals surface area contributed by atoms with Crippen LogP contribution in [0.5, 0.6) is 0 Å². The van der Waals surface area contributed by atoms with E-state index < -0.39 is 0 Å². The fraction of sp³-hybridized carbons (Fsp3) is 0.437. The molecule has 121 heavy (non-hydrogen) atoms. The number of rotatable bonds is 25. The number of anilines is 10. The summed E-state index contributed by atoms with van der Waals surface area (Å²) >= 11 is 0. The molecule has 50 heteroatoms. The zero-order chi connectivity index (χ0) is 82.0. The summed E-state index contributed by atoms with van der Waals surface area (Å²) in [7, 11) is 0. The topological polar surface area (TPSA) is 312 Å². The minimum atomic E-state index is 0. The molecular formula is C71H107B10N35Pt5. The molecule has 5 fully saturated rings. The van der Waals surface area contributed by atoms with Crippen molar-refractivity contribution in [1.29, 1.82) is 0 Å². The van der Waals surface area contributed by atoms with Gasteiger partial charge in [-0.25, -0.2) is 58.8 Å². The van der Waals surface area contributed by atoms with Gasteiger partial charge in [-0.15, -0.1) is 26.1 Å². The van der Waals surface area contributed by atoms with Crippen molar-refractivity contribution in [2.45, 2.75) is 180 Å². The van der Waals surface area contributed by atoms with Crippen LogP contribution in [0.1, 0.15) is 106 Å². The number of aromatic nitrogens is 20. The number of unbranched alkanes of at least 4 members (excludes halogenated alkanes) is 6. The van der Waals surface area contributed by atoms with Crippen LogP contribution in [0.3, 0.4) is 0 Å². The van der Waals surface area contributed by atoms with Crippen LogP contribution < -0.4 is 73.6 Å². The monoisotopic (exact) mass is 2530 g/mol. The van der Waals surface area contributed by atoms with E-state index in [9.17, 15) is 0 Å². The number of hydrogen-bond donors (Lipinski definition) is 0. The Hall–Kier alpha value is -6.66. The summed E-state index contributed by atoms with van der Waals surface area (Å²) in [5, 5.41) is 76.6. The van der Waals surface area contributed by atoms with Crippen molar-refractivity contribution in [3.8, 4) is 0 Å². The molecule has 5 aromatic heterocycles. The van der Waals surface area contributed by atoms with Crippen LogP contribution in [-0.4, -0.2) is 203 Å². The molecule has 0 bridgehead atoms. The molecule has 0 radical (unpaired) electrons. The second-order valence-corrected chi connectivity index (χ2v) is 29.7. The van der Waals surface area contributed by atoms with Crippen molar-refractivity contribution in [2.24, 2.45) is 0 Å². The maximum absolute atomic E-state index is 4.06. The molecule has 0 saturated carbocycles. The van der Waals surface area contributed by atoms with E-state index in [1.165, 1.54) is 51.4 Å². The zero-order valence-corrected chi connectivity index (χ0v) is 83.2. The van der Waals surface area contributed by atoms with Gasteiger partial charge in [0, 0.05) is 0 Å². The third-order valence-electron chi connectivity index (χ3n) is 22.1. The standard InChI is InChI=1S/C16H25B2N7.C15H23B2N7.C14H21B2N7.2C13H19B2N7.5Pt/c1-4-5-6-10-13-25-17(2)23(15-11-8-7-9-12-15)14-24(18(25)3)16-19-21-22-20-16;1-4-5-9-12-24-16(2)22(14-10-7-6-8-11-14)13-23(17(24)3)15-18-20-21-19-15;1-4-5-11-23-15(2)21(13-9-7-6-8-10-13)12-22(16(23)3)14-17-19-20-18-14;1-11(2)22-14(3)20(12-8-6-5-7-9-12)10-21(15(22)4)13-16-18-19-17-13;1-4-10-22-14(2)20(12-8-6-5-7-9-12)11-21(15(22)3)13-16-18-19-17-13;;;;;/h7-9,11-12,14H,4-6,10,13H2,1-3H3;6-8,10-11,13H,4-5,9,12H2,1-3H3;6-10,12H,4-5,11H2,1-3H3;5-11H,1-4H3;5-9,11H,4,10H2,1-3H3;;;;;/q5*-2;5*+2. The predicted molar refractivity (Wildman–Crippen MR) is 473 cm³/mol. The Morgan fingerprint density at radius 3 is 0.694 bits per heavy atom. The first kappa shape index (κ1) is 103. The molecule has 5 aromatic carbocycles. The summed E-state index contributed by atoms with van der Waals surface area (Å²) in [5.74, 6) is 2.66. The third kappa shape index (κ3) is 26.5. The first-order valence-electron chi connectivity index (χ1n) is 41.1. The number of nitrogens with zero attached hydrogens (tertiary/aromatic N) is 35. The average Bonchev–Trinajstić information content (AvgIpc) is 1.79. The van der Waals surface area contributed by atoms with E-state index in [1.807, 2.05) is 85.3 Å². The summed E-state index contributed by atoms with van der Waals surface area (Å²) in [6.07, 6.45) is 12.0. The fourth-order valence-corrected chi connectivity index (χ4v) is 15.7. The van der Waals surface area contributed by atoms with Gasteiger partial charge in [-0.3, -0.25) is 25.5 Å². The van der Waals surface area contributed by atoms with E-state index in [1.54, 1.807) is 0 Å². The van der Waals surface area contributed by atoms with Gasteiger partial charge in [-0.05, 0) is 147 Å². The molecule has 0 aliphatic carbocycles. The second kappa shape index (κ2) is 52.3. The fourth-order valence-electron chi connectivity index (χ4n) is 15.7. The van der Waals surface area contributed by atoms with Crippen LogP contribution in [0, 0.1) is 33.3 Å². The summed E-state index contributed by atoms with van der Waals surface area (Å²) in [6, 6.07) is 52.2. The van der Waals surface area contributed by atoms with Crippen LogP contribution in [0.2, 0.25) is 68.2 Å². The van der Waals surface area contributed by atoms with Crippen molar-refractivity contribution < 1.29 is 105 Å². The van der Waals surface area contributed by atoms with Crippen LogP contribution in [0.15, 0.2) is 152 Å². The van der Waals surface area contributed by atoms with Gasteiger partial charge in [-0.1, -0.05) is 239 Å². The molecule has 0 atom stereocenters. The van der Waals surface area contributed by atoms with E-state index in [-0.39, 0.29) is 175 Å². The van der Waals surface area contributed by atoms with Gasteiger partial charge in [0.05, 0.1) is 29.7 Å². The Kier molecular flexibility index (Phi) is 44.6. The van der Waals surface area contributed by atoms with Crippen molar-refractivity contribution in [1.82, 2.24) is 127 Å². The molecule has 10 aromatic rings. The minimum absolute atomic E-state index is 0. The molecule has 0 unspecified atom stereocenters. The summed E-state index contributed by atoms with van der Waals surface area (Å²) in [5.41, 5.74) is 5.71. The maximum atomic E-state index is 4.06. The quantitative estimate of drug-likeness (QED) is 0.0294. The SMILES string of the molecule is CB1N(c2ccccc2)[CH-]N(c2nnn[n-]2)B(C)N1C(C)C.CCCCCCN1B(C)N(c2ccccc2)[CH-]N(c2nnn[n-]2)B1C.CCCCCN1B(C)N(c2ccccc2)[CH-]N(c2nnn[n-]2)B1C.CCCCN1B(C)N(c2ccccc2)[CH-]N(c2nnn[n-]2)B1C.CCCN1B(C)N(c2ccccc2)[CH-]N(c2nnn[n-]2)B1C.[Pt+2].[Pt+2].[Pt+2].[Pt+2].[Pt+2]. The summed E-state index contributed by atoms with van der Waals surface area (Å²) in [4.78, 5) is 21.3. The molecule has 0 N–H and O–H groups in total. The molecule has 10 heterocycles. The van der Waals surface area contributed by atoms with Gasteiger partial charge in [0.25, 0.3) is 34.9 Å². The minimum Gasteiger partial charge on any atom is -0.559 e. The van der Waals surface area contributed by atoms with Crippen LogP contribution >= 0.6 is 0 Å². The molecule has 5 aliphatic heterocycles. The number of benzene rings is 5. The zero-order valence-electron chi connectivity index (χ0n) is 71.8. The van der Waals surface area contributed by atoms with Crippen molar-refractivity contribution in [3.05, 3.63) is 185 Å². The van der Waals surface area contributed by atoms with Crippen molar-refractivity contribution in [2.75, 3.05) is 74.3 Å². The van der Waals surface area contributed by atoms with Crippen molar-refractivity contribution in [3.63, 3.8) is 0 Å². The van der Waals surface area contributed by atoms with Crippen molar-refractivity contribution >= 4 is 128 Å². The Bertz CT molecular complexity index is 4290. The Balaban J connectivity index is 0.000000232. The van der Waals surface area contributed by atoms with Crippen LogP contribution in [0.25, 0.3) is 0 Å². The summed E-state index contributed by atoms with van der Waals surface area (Å²) in [6.45, 7) is 51.6. The maximum Gasteiger partial charge on any atom is 2.00 e. The normalized spacial score (nSPS) is 15.6. The van der Waals surface area contributed by atoms with Gasteiger partial charge in [0.15, 0.2) is 0 Å². The molecule has 15 rings (SSSR count).